The zero-order chi connectivity index (χ0) is 13.7. The van der Waals surface area contributed by atoms with Crippen molar-refractivity contribution in [1.29, 1.82) is 0 Å². The second kappa shape index (κ2) is 6.64. The van der Waals surface area contributed by atoms with Gasteiger partial charge in [-0.05, 0) is 43.1 Å². The Morgan fingerprint density at radius 2 is 2.16 bits per heavy atom. The molecule has 1 atom stereocenters. The van der Waals surface area contributed by atoms with Crippen molar-refractivity contribution in [1.82, 2.24) is 15.3 Å². The van der Waals surface area contributed by atoms with Crippen LogP contribution in [0.15, 0.2) is 36.8 Å². The van der Waals surface area contributed by atoms with Gasteiger partial charge in [-0.15, -0.1) is 0 Å². The monoisotopic (exact) mass is 275 g/mol. The van der Waals surface area contributed by atoms with Crippen molar-refractivity contribution in [2.45, 2.75) is 26.3 Å². The van der Waals surface area contributed by atoms with Crippen LogP contribution in [0, 0.1) is 6.92 Å². The van der Waals surface area contributed by atoms with Crippen molar-refractivity contribution < 1.29 is 0 Å². The molecule has 1 unspecified atom stereocenters. The fraction of sp³-hybridized carbons (Fsp3) is 0.333. The highest BCUT2D eigenvalue weighted by Gasteiger charge is 2.17. The number of aryl methyl sites for hydroxylation is 1. The van der Waals surface area contributed by atoms with Gasteiger partial charge in [0.15, 0.2) is 0 Å². The van der Waals surface area contributed by atoms with E-state index in [1.54, 1.807) is 18.6 Å². The van der Waals surface area contributed by atoms with Crippen LogP contribution in [-0.2, 0) is 0 Å². The third kappa shape index (κ3) is 3.52. The van der Waals surface area contributed by atoms with Gasteiger partial charge in [-0.25, -0.2) is 0 Å². The number of rotatable bonds is 5. The Balaban J connectivity index is 2.40. The van der Waals surface area contributed by atoms with E-state index in [2.05, 4.69) is 29.1 Å². The lowest BCUT2D eigenvalue weighted by atomic mass is 9.99. The second-order valence-corrected chi connectivity index (χ2v) is 4.95. The molecule has 0 saturated carbocycles. The van der Waals surface area contributed by atoms with Crippen molar-refractivity contribution in [3.63, 3.8) is 0 Å². The van der Waals surface area contributed by atoms with E-state index in [-0.39, 0.29) is 6.04 Å². The molecule has 0 aliphatic heterocycles. The Hall–Kier alpha value is -1.45. The van der Waals surface area contributed by atoms with E-state index in [1.807, 2.05) is 18.2 Å². The lowest BCUT2D eigenvalue weighted by Crippen LogP contribution is -2.25. The molecule has 1 heterocycles. The summed E-state index contributed by atoms with van der Waals surface area (Å²) in [6, 6.07) is 5.98. The number of hydrogen-bond acceptors (Lipinski definition) is 3. The first-order valence-electron chi connectivity index (χ1n) is 6.47. The molecule has 0 aliphatic rings. The van der Waals surface area contributed by atoms with Crippen molar-refractivity contribution in [2.75, 3.05) is 6.54 Å². The van der Waals surface area contributed by atoms with Crippen LogP contribution in [0.25, 0.3) is 0 Å². The van der Waals surface area contributed by atoms with Crippen molar-refractivity contribution >= 4 is 11.6 Å². The molecule has 0 fully saturated rings. The SMILES string of the molecule is CCCNC(c1cnccn1)c1cc(Cl)ccc1C. The van der Waals surface area contributed by atoms with Crippen molar-refractivity contribution in [2.24, 2.45) is 0 Å². The largest absolute Gasteiger partial charge is 0.305 e. The number of nitrogens with one attached hydrogen (secondary N) is 1. The Kier molecular flexibility index (Phi) is 4.88. The first kappa shape index (κ1) is 14.0. The maximum Gasteiger partial charge on any atom is 0.0801 e. The molecule has 0 aliphatic carbocycles. The van der Waals surface area contributed by atoms with E-state index in [0.29, 0.717) is 0 Å². The van der Waals surface area contributed by atoms with E-state index in [4.69, 9.17) is 11.6 Å². The third-order valence-electron chi connectivity index (χ3n) is 3.03. The predicted molar refractivity (Wildman–Crippen MR) is 78.4 cm³/mol. The molecule has 1 N–H and O–H groups in total. The van der Waals surface area contributed by atoms with Gasteiger partial charge in [0.2, 0.25) is 0 Å². The molecular formula is C15H18ClN3. The summed E-state index contributed by atoms with van der Waals surface area (Å²) in [6.07, 6.45) is 6.27. The summed E-state index contributed by atoms with van der Waals surface area (Å²) in [4.78, 5) is 8.57. The molecule has 1 aromatic carbocycles. The smallest absolute Gasteiger partial charge is 0.0801 e. The molecule has 0 spiro atoms. The third-order valence-corrected chi connectivity index (χ3v) is 3.26. The van der Waals surface area contributed by atoms with Crippen molar-refractivity contribution in [3.05, 3.63) is 58.6 Å². The van der Waals surface area contributed by atoms with E-state index in [9.17, 15) is 0 Å². The molecule has 0 saturated heterocycles. The number of benzene rings is 1. The lowest BCUT2D eigenvalue weighted by molar-refractivity contribution is 0.582. The van der Waals surface area contributed by atoms with Crippen LogP contribution in [0.3, 0.4) is 0 Å². The number of halogens is 1. The Labute approximate surface area is 119 Å². The van der Waals surface area contributed by atoms with E-state index < -0.39 is 0 Å². The standard InChI is InChI=1S/C15H18ClN3/c1-3-6-19-15(14-10-17-7-8-18-14)13-9-12(16)5-4-11(13)2/h4-5,7-10,15,19H,3,6H2,1-2H3. The quantitative estimate of drug-likeness (QED) is 0.907. The summed E-state index contributed by atoms with van der Waals surface area (Å²) in [5, 5.41) is 4.25. The fourth-order valence-electron chi connectivity index (χ4n) is 2.04. The van der Waals surface area contributed by atoms with Crippen LogP contribution in [0.5, 0.6) is 0 Å². The molecule has 0 radical (unpaired) electrons. The summed E-state index contributed by atoms with van der Waals surface area (Å²) in [5.74, 6) is 0. The molecule has 1 aromatic heterocycles. The zero-order valence-electron chi connectivity index (χ0n) is 11.2. The average Bonchev–Trinajstić information content (AvgIpc) is 2.44. The minimum absolute atomic E-state index is 0.0346. The number of nitrogens with zero attached hydrogens (tertiary/aromatic N) is 2. The van der Waals surface area contributed by atoms with E-state index >= 15 is 0 Å². The van der Waals surface area contributed by atoms with Gasteiger partial charge in [0, 0.05) is 17.4 Å². The molecule has 4 heteroatoms. The van der Waals surface area contributed by atoms with Crippen molar-refractivity contribution in [3.8, 4) is 0 Å². The highest BCUT2D eigenvalue weighted by atomic mass is 35.5. The predicted octanol–water partition coefficient (Wildman–Crippen LogP) is 3.53. The average molecular weight is 276 g/mol. The zero-order valence-corrected chi connectivity index (χ0v) is 12.0. The summed E-state index contributed by atoms with van der Waals surface area (Å²) in [7, 11) is 0. The highest BCUT2D eigenvalue weighted by Crippen LogP contribution is 2.26. The van der Waals surface area contributed by atoms with E-state index in [1.165, 1.54) is 5.56 Å². The molecule has 2 aromatic rings. The summed E-state index contributed by atoms with van der Waals surface area (Å²) >= 11 is 6.12. The molecule has 0 bridgehead atoms. The first-order valence-corrected chi connectivity index (χ1v) is 6.85. The number of aromatic nitrogens is 2. The fourth-order valence-corrected chi connectivity index (χ4v) is 2.23. The molecular weight excluding hydrogens is 258 g/mol. The molecule has 2 rings (SSSR count). The maximum absolute atomic E-state index is 6.12. The maximum atomic E-state index is 6.12. The Bertz CT molecular complexity index is 528. The molecule has 0 amide bonds. The highest BCUT2D eigenvalue weighted by molar-refractivity contribution is 6.30. The van der Waals surface area contributed by atoms with Crippen LogP contribution < -0.4 is 5.32 Å². The van der Waals surface area contributed by atoms with Crippen LogP contribution in [0.1, 0.15) is 36.2 Å². The Morgan fingerprint density at radius 1 is 1.32 bits per heavy atom. The van der Waals surface area contributed by atoms with Gasteiger partial charge in [0.05, 0.1) is 17.9 Å². The summed E-state index contributed by atoms with van der Waals surface area (Å²) in [5.41, 5.74) is 3.27. The van der Waals surface area contributed by atoms with Gasteiger partial charge in [0.25, 0.3) is 0 Å². The lowest BCUT2D eigenvalue weighted by Gasteiger charge is -2.20. The van der Waals surface area contributed by atoms with Gasteiger partial charge in [-0.2, -0.15) is 0 Å². The molecule has 3 nitrogen and oxygen atoms in total. The van der Waals surface area contributed by atoms with Gasteiger partial charge < -0.3 is 5.32 Å². The van der Waals surface area contributed by atoms with Gasteiger partial charge in [-0.3, -0.25) is 9.97 Å². The summed E-state index contributed by atoms with van der Waals surface area (Å²) in [6.45, 7) is 5.15. The minimum atomic E-state index is 0.0346. The van der Waals surface area contributed by atoms with Crippen LogP contribution in [0.2, 0.25) is 5.02 Å². The van der Waals surface area contributed by atoms with Gasteiger partial charge in [0.1, 0.15) is 0 Å². The Morgan fingerprint density at radius 3 is 2.84 bits per heavy atom. The molecule has 100 valence electrons. The van der Waals surface area contributed by atoms with E-state index in [0.717, 1.165) is 29.2 Å². The van der Waals surface area contributed by atoms with Crippen LogP contribution in [0.4, 0.5) is 0 Å². The first-order chi connectivity index (χ1) is 9.22. The topological polar surface area (TPSA) is 37.8 Å². The van der Waals surface area contributed by atoms with Gasteiger partial charge in [-0.1, -0.05) is 24.6 Å². The minimum Gasteiger partial charge on any atom is -0.305 e. The van der Waals surface area contributed by atoms with Gasteiger partial charge >= 0.3 is 0 Å². The van der Waals surface area contributed by atoms with Crippen LogP contribution >= 0.6 is 11.6 Å². The molecule has 19 heavy (non-hydrogen) atoms. The van der Waals surface area contributed by atoms with Crippen LogP contribution in [-0.4, -0.2) is 16.5 Å². The summed E-state index contributed by atoms with van der Waals surface area (Å²) < 4.78 is 0. The number of hydrogen-bond donors (Lipinski definition) is 1. The second-order valence-electron chi connectivity index (χ2n) is 4.52. The normalized spacial score (nSPS) is 12.4.